The van der Waals surface area contributed by atoms with Crippen LogP contribution in [-0.2, 0) is 17.8 Å². The zero-order valence-electron chi connectivity index (χ0n) is 16.0. The highest BCUT2D eigenvalue weighted by atomic mass is 35.5. The van der Waals surface area contributed by atoms with Crippen molar-refractivity contribution in [2.24, 2.45) is 0 Å². The van der Waals surface area contributed by atoms with Gasteiger partial charge in [0.1, 0.15) is 12.4 Å². The Morgan fingerprint density at radius 3 is 2.41 bits per heavy atom. The van der Waals surface area contributed by atoms with Crippen molar-refractivity contribution in [3.63, 3.8) is 0 Å². The molecule has 3 aromatic rings. The fourth-order valence-electron chi connectivity index (χ4n) is 3.39. The lowest BCUT2D eigenvalue weighted by atomic mass is 10.1. The largest absolute Gasteiger partial charge is 0.341 e. The number of hydrogen-bond acceptors (Lipinski definition) is 2. The molecule has 0 radical (unpaired) electrons. The molecule has 0 saturated carbocycles. The number of carbonyl (C=O) groups is 1. The van der Waals surface area contributed by atoms with Crippen LogP contribution in [0.3, 0.4) is 0 Å². The van der Waals surface area contributed by atoms with E-state index >= 15 is 0 Å². The number of hydrogen-bond donors (Lipinski definition) is 0. The molecule has 0 aliphatic rings. The Morgan fingerprint density at radius 1 is 1.04 bits per heavy atom. The summed E-state index contributed by atoms with van der Waals surface area (Å²) in [6.07, 6.45) is 2.52. The van der Waals surface area contributed by atoms with E-state index in [1.54, 1.807) is 0 Å². The van der Waals surface area contributed by atoms with Crippen molar-refractivity contribution in [3.05, 3.63) is 64.9 Å². The van der Waals surface area contributed by atoms with Crippen LogP contribution in [0.15, 0.2) is 48.5 Å². The van der Waals surface area contributed by atoms with Gasteiger partial charge in [-0.2, -0.15) is 0 Å². The average molecular weight is 384 g/mol. The van der Waals surface area contributed by atoms with Crippen molar-refractivity contribution in [2.45, 2.75) is 39.7 Å². The maximum absolute atomic E-state index is 13.0. The van der Waals surface area contributed by atoms with Crippen LogP contribution < -0.4 is 0 Å². The zero-order chi connectivity index (χ0) is 19.2. The number of carbonyl (C=O) groups excluding carboxylic acids is 1. The quantitative estimate of drug-likeness (QED) is 0.553. The van der Waals surface area contributed by atoms with E-state index in [1.807, 2.05) is 58.0 Å². The zero-order valence-corrected chi connectivity index (χ0v) is 16.7. The predicted molar refractivity (Wildman–Crippen MR) is 111 cm³/mol. The fourth-order valence-corrected chi connectivity index (χ4v) is 3.59. The minimum atomic E-state index is 0.141. The summed E-state index contributed by atoms with van der Waals surface area (Å²) in [4.78, 5) is 19.7. The number of fused-ring (bicyclic) bond motifs is 1. The molecule has 0 aliphatic carbocycles. The lowest BCUT2D eigenvalue weighted by Crippen LogP contribution is -2.35. The summed E-state index contributed by atoms with van der Waals surface area (Å²) >= 11 is 6.35. The number of rotatable bonds is 8. The van der Waals surface area contributed by atoms with Gasteiger partial charge in [-0.1, -0.05) is 55.8 Å². The first-order valence-electron chi connectivity index (χ1n) is 9.59. The summed E-state index contributed by atoms with van der Waals surface area (Å²) < 4.78 is 2.04. The van der Waals surface area contributed by atoms with E-state index in [2.05, 4.69) is 13.8 Å². The molecule has 1 heterocycles. The minimum Gasteiger partial charge on any atom is -0.341 e. The molecule has 4 nitrogen and oxygen atoms in total. The Hall–Kier alpha value is -2.33. The molecule has 142 valence electrons. The molecule has 0 atom stereocenters. The van der Waals surface area contributed by atoms with Crippen LogP contribution in [0, 0.1) is 0 Å². The Morgan fingerprint density at radius 2 is 1.70 bits per heavy atom. The lowest BCUT2D eigenvalue weighted by Gasteiger charge is -2.22. The van der Waals surface area contributed by atoms with Gasteiger partial charge in [0.2, 0.25) is 5.91 Å². The van der Waals surface area contributed by atoms with Crippen molar-refractivity contribution in [2.75, 3.05) is 13.1 Å². The van der Waals surface area contributed by atoms with Gasteiger partial charge in [-0.15, -0.1) is 0 Å². The normalized spacial score (nSPS) is 11.1. The summed E-state index contributed by atoms with van der Waals surface area (Å²) in [5.74, 6) is 1.01. The summed E-state index contributed by atoms with van der Waals surface area (Å²) in [7, 11) is 0. The molecule has 5 heteroatoms. The molecule has 0 unspecified atom stereocenters. The Labute approximate surface area is 165 Å². The van der Waals surface area contributed by atoms with E-state index in [4.69, 9.17) is 16.6 Å². The van der Waals surface area contributed by atoms with E-state index < -0.39 is 0 Å². The number of imidazole rings is 1. The first kappa shape index (κ1) is 19.4. The number of nitrogens with zero attached hydrogens (tertiary/aromatic N) is 3. The Kier molecular flexibility index (Phi) is 6.51. The van der Waals surface area contributed by atoms with Gasteiger partial charge in [0.15, 0.2) is 0 Å². The third-order valence-corrected chi connectivity index (χ3v) is 5.04. The molecule has 0 fully saturated rings. The van der Waals surface area contributed by atoms with Gasteiger partial charge in [-0.3, -0.25) is 4.79 Å². The number of aromatic nitrogens is 2. The van der Waals surface area contributed by atoms with Crippen molar-refractivity contribution >= 4 is 28.5 Å². The topological polar surface area (TPSA) is 38.1 Å². The van der Waals surface area contributed by atoms with E-state index in [1.165, 1.54) is 0 Å². The van der Waals surface area contributed by atoms with Crippen molar-refractivity contribution in [3.8, 4) is 0 Å². The molecule has 3 rings (SSSR count). The summed E-state index contributed by atoms with van der Waals surface area (Å²) in [5.41, 5.74) is 2.91. The first-order valence-corrected chi connectivity index (χ1v) is 9.97. The maximum atomic E-state index is 13.0. The third kappa shape index (κ3) is 4.51. The molecular weight excluding hydrogens is 358 g/mol. The molecule has 1 aromatic heterocycles. The van der Waals surface area contributed by atoms with E-state index in [-0.39, 0.29) is 5.91 Å². The van der Waals surface area contributed by atoms with Crippen LogP contribution in [0.4, 0.5) is 0 Å². The van der Waals surface area contributed by atoms with Crippen molar-refractivity contribution in [1.29, 1.82) is 0 Å². The van der Waals surface area contributed by atoms with Crippen molar-refractivity contribution < 1.29 is 4.79 Å². The molecule has 1 amide bonds. The standard InChI is InChI=1S/C22H26ClN3O/c1-3-13-25(14-4-2)22(27)16-26-20-12-8-7-11-19(20)24-21(26)15-17-9-5-6-10-18(17)23/h5-12H,3-4,13-16H2,1-2H3. The number of amides is 1. The van der Waals surface area contributed by atoms with Crippen LogP contribution in [0.25, 0.3) is 11.0 Å². The molecular formula is C22H26ClN3O. The first-order chi connectivity index (χ1) is 13.1. The monoisotopic (exact) mass is 383 g/mol. The highest BCUT2D eigenvalue weighted by Crippen LogP contribution is 2.22. The van der Waals surface area contributed by atoms with E-state index in [9.17, 15) is 4.79 Å². The van der Waals surface area contributed by atoms with E-state index in [0.717, 1.165) is 53.4 Å². The fraction of sp³-hybridized carbons (Fsp3) is 0.364. The predicted octanol–water partition coefficient (Wildman–Crippen LogP) is 4.93. The summed E-state index contributed by atoms with van der Waals surface area (Å²) in [6.45, 7) is 6.09. The van der Waals surface area contributed by atoms with Crippen LogP contribution in [-0.4, -0.2) is 33.4 Å². The lowest BCUT2D eigenvalue weighted by molar-refractivity contribution is -0.131. The van der Waals surface area contributed by atoms with Crippen LogP contribution in [0.5, 0.6) is 0 Å². The molecule has 0 spiro atoms. The molecule has 0 saturated heterocycles. The molecule has 0 aliphatic heterocycles. The summed E-state index contributed by atoms with van der Waals surface area (Å²) in [5, 5.41) is 0.723. The van der Waals surface area contributed by atoms with Gasteiger partial charge < -0.3 is 9.47 Å². The van der Waals surface area contributed by atoms with Crippen LogP contribution >= 0.6 is 11.6 Å². The van der Waals surface area contributed by atoms with E-state index in [0.29, 0.717) is 13.0 Å². The number of halogens is 1. The smallest absolute Gasteiger partial charge is 0.242 e. The molecule has 27 heavy (non-hydrogen) atoms. The van der Waals surface area contributed by atoms with Gasteiger partial charge in [-0.25, -0.2) is 4.98 Å². The second-order valence-corrected chi connectivity index (χ2v) is 7.16. The molecule has 0 bridgehead atoms. The Bertz CT molecular complexity index is 913. The van der Waals surface area contributed by atoms with Crippen molar-refractivity contribution in [1.82, 2.24) is 14.5 Å². The van der Waals surface area contributed by atoms with Gasteiger partial charge >= 0.3 is 0 Å². The SMILES string of the molecule is CCCN(CCC)C(=O)Cn1c(Cc2ccccc2Cl)nc2ccccc21. The minimum absolute atomic E-state index is 0.141. The van der Waals surface area contributed by atoms with Gasteiger partial charge in [0.05, 0.1) is 11.0 Å². The Balaban J connectivity index is 1.95. The van der Waals surface area contributed by atoms with Crippen LogP contribution in [0.1, 0.15) is 38.1 Å². The average Bonchev–Trinajstić information content (AvgIpc) is 3.01. The molecule has 0 N–H and O–H groups in total. The highest BCUT2D eigenvalue weighted by Gasteiger charge is 2.18. The second kappa shape index (κ2) is 9.05. The highest BCUT2D eigenvalue weighted by molar-refractivity contribution is 6.31. The van der Waals surface area contributed by atoms with Gasteiger partial charge in [-0.05, 0) is 36.6 Å². The third-order valence-electron chi connectivity index (χ3n) is 4.67. The number of benzene rings is 2. The van der Waals surface area contributed by atoms with Crippen LogP contribution in [0.2, 0.25) is 5.02 Å². The van der Waals surface area contributed by atoms with Gasteiger partial charge in [0, 0.05) is 24.5 Å². The summed E-state index contributed by atoms with van der Waals surface area (Å²) in [6, 6.07) is 15.8. The molecule has 2 aromatic carbocycles. The maximum Gasteiger partial charge on any atom is 0.242 e. The van der Waals surface area contributed by atoms with Gasteiger partial charge in [0.25, 0.3) is 0 Å². The number of para-hydroxylation sites is 2. The second-order valence-electron chi connectivity index (χ2n) is 6.75.